The van der Waals surface area contributed by atoms with Gasteiger partial charge in [-0.15, -0.1) is 0 Å². The maximum atomic E-state index is 9.59. The number of hydrogen-bond acceptors (Lipinski definition) is 2. The third kappa shape index (κ3) is 7.58. The van der Waals surface area contributed by atoms with Gasteiger partial charge in [-0.2, -0.15) is 0 Å². The number of carbonyl (C=O) groups excluding carboxylic acids is 1. The lowest BCUT2D eigenvalue weighted by molar-refractivity contribution is -0.137. The van der Waals surface area contributed by atoms with E-state index in [-0.39, 0.29) is 5.97 Å². The Kier molecular flexibility index (Phi) is 6.82. The van der Waals surface area contributed by atoms with E-state index in [1.807, 2.05) is 0 Å². The smallest absolute Gasteiger partial charge is 0.302 e. The summed E-state index contributed by atoms with van der Waals surface area (Å²) in [4.78, 5) is 9.59. The summed E-state index contributed by atoms with van der Waals surface area (Å²) in [6, 6.07) is 0. The Labute approximate surface area is 75.3 Å². The molecule has 12 heavy (non-hydrogen) atoms. The topological polar surface area (TPSA) is 26.3 Å². The molecule has 1 aliphatic rings. The molecule has 1 fully saturated rings. The van der Waals surface area contributed by atoms with Gasteiger partial charge >= 0.3 is 5.97 Å². The monoisotopic (exact) mass is 172 g/mol. The number of hydrogen-bond donors (Lipinski definition) is 0. The summed E-state index contributed by atoms with van der Waals surface area (Å²) in [5, 5.41) is 0. The molecule has 72 valence electrons. The van der Waals surface area contributed by atoms with Crippen molar-refractivity contribution in [1.29, 1.82) is 0 Å². The van der Waals surface area contributed by atoms with Gasteiger partial charge in [0.25, 0.3) is 0 Å². The summed E-state index contributed by atoms with van der Waals surface area (Å²) in [5.41, 5.74) is 0. The highest BCUT2D eigenvalue weighted by atomic mass is 16.5. The van der Waals surface area contributed by atoms with Crippen molar-refractivity contribution >= 4 is 5.97 Å². The molecule has 0 heterocycles. The highest BCUT2D eigenvalue weighted by Gasteiger charge is 2.05. The van der Waals surface area contributed by atoms with Crippen LogP contribution in [0.25, 0.3) is 0 Å². The predicted octanol–water partition coefficient (Wildman–Crippen LogP) is 2.77. The first kappa shape index (κ1) is 11.5. The van der Waals surface area contributed by atoms with Crippen LogP contribution in [0.3, 0.4) is 0 Å². The Bertz CT molecular complexity index is 115. The first-order valence-corrected chi connectivity index (χ1v) is 4.71. The van der Waals surface area contributed by atoms with E-state index in [2.05, 4.69) is 11.7 Å². The molecule has 0 aromatic rings. The van der Waals surface area contributed by atoms with E-state index in [0.717, 1.165) is 5.92 Å². The molecule has 0 aliphatic heterocycles. The van der Waals surface area contributed by atoms with Crippen LogP contribution < -0.4 is 0 Å². The van der Waals surface area contributed by atoms with Gasteiger partial charge in [-0.1, -0.05) is 39.0 Å². The lowest BCUT2D eigenvalue weighted by atomic mass is 9.91. The summed E-state index contributed by atoms with van der Waals surface area (Å²) >= 11 is 0. The van der Waals surface area contributed by atoms with Gasteiger partial charge in [0.2, 0.25) is 0 Å². The molecular weight excluding hydrogens is 152 g/mol. The highest BCUT2D eigenvalue weighted by Crippen LogP contribution is 2.21. The third-order valence-corrected chi connectivity index (χ3v) is 2.18. The largest absolute Gasteiger partial charge is 0.469 e. The molecule has 0 aromatic carbocycles. The van der Waals surface area contributed by atoms with Gasteiger partial charge in [-0.25, -0.2) is 0 Å². The van der Waals surface area contributed by atoms with E-state index in [1.165, 1.54) is 46.1 Å². The van der Waals surface area contributed by atoms with Gasteiger partial charge in [0, 0.05) is 6.92 Å². The summed E-state index contributed by atoms with van der Waals surface area (Å²) in [7, 11) is 1.35. The summed E-state index contributed by atoms with van der Waals surface area (Å²) in [5.74, 6) is 0.791. The van der Waals surface area contributed by atoms with Crippen molar-refractivity contribution in [1.82, 2.24) is 0 Å². The fourth-order valence-electron chi connectivity index (χ4n) is 1.31. The molecule has 0 amide bonds. The number of esters is 1. The van der Waals surface area contributed by atoms with Crippen molar-refractivity contribution in [2.24, 2.45) is 5.92 Å². The molecular formula is C10H20O2. The molecule has 0 unspecified atom stereocenters. The zero-order chi connectivity index (χ0) is 9.40. The van der Waals surface area contributed by atoms with Gasteiger partial charge < -0.3 is 4.74 Å². The second-order valence-corrected chi connectivity index (χ2v) is 3.44. The van der Waals surface area contributed by atoms with Crippen LogP contribution in [-0.2, 0) is 9.53 Å². The summed E-state index contributed by atoms with van der Waals surface area (Å²) in [6.45, 7) is 3.72. The molecule has 0 N–H and O–H groups in total. The van der Waals surface area contributed by atoms with Gasteiger partial charge in [-0.3, -0.25) is 4.79 Å². The molecule has 2 nitrogen and oxygen atoms in total. The van der Waals surface area contributed by atoms with Crippen LogP contribution in [0.4, 0.5) is 0 Å². The van der Waals surface area contributed by atoms with Crippen molar-refractivity contribution in [3.05, 3.63) is 0 Å². The molecule has 0 radical (unpaired) electrons. The standard InChI is InChI=1S/C7H14.C3H6O2/c1-7-5-3-2-4-6-7;1-3(4)5-2/h7H,2-6H2,1H3;1-2H3. The molecule has 0 bridgehead atoms. The minimum atomic E-state index is -0.245. The number of ether oxygens (including phenoxy) is 1. The molecule has 0 saturated heterocycles. The molecule has 0 spiro atoms. The lowest BCUT2D eigenvalue weighted by Gasteiger charge is -2.15. The van der Waals surface area contributed by atoms with Crippen molar-refractivity contribution in [2.75, 3.05) is 7.11 Å². The van der Waals surface area contributed by atoms with E-state index in [0.29, 0.717) is 0 Å². The third-order valence-electron chi connectivity index (χ3n) is 2.18. The molecule has 0 aromatic heterocycles. The average molecular weight is 172 g/mol. The Morgan fingerprint density at radius 1 is 1.25 bits per heavy atom. The Balaban J connectivity index is 0.000000217. The van der Waals surface area contributed by atoms with Gasteiger partial charge in [0.1, 0.15) is 0 Å². The van der Waals surface area contributed by atoms with Crippen LogP contribution in [-0.4, -0.2) is 13.1 Å². The first-order valence-electron chi connectivity index (χ1n) is 4.71. The maximum Gasteiger partial charge on any atom is 0.302 e. The van der Waals surface area contributed by atoms with Crippen molar-refractivity contribution in [3.63, 3.8) is 0 Å². The van der Waals surface area contributed by atoms with E-state index in [4.69, 9.17) is 0 Å². The molecule has 1 aliphatic carbocycles. The lowest BCUT2D eigenvalue weighted by Crippen LogP contribution is -1.99. The van der Waals surface area contributed by atoms with Gasteiger partial charge in [-0.05, 0) is 5.92 Å². The number of methoxy groups -OCH3 is 1. The fraction of sp³-hybridized carbons (Fsp3) is 0.900. The Morgan fingerprint density at radius 2 is 1.67 bits per heavy atom. The van der Waals surface area contributed by atoms with E-state index < -0.39 is 0 Å². The number of rotatable bonds is 0. The summed E-state index contributed by atoms with van der Waals surface area (Å²) in [6.07, 6.45) is 7.44. The van der Waals surface area contributed by atoms with Crippen LogP contribution in [0.15, 0.2) is 0 Å². The van der Waals surface area contributed by atoms with Crippen LogP contribution in [0.1, 0.15) is 46.0 Å². The van der Waals surface area contributed by atoms with Crippen LogP contribution >= 0.6 is 0 Å². The molecule has 0 atom stereocenters. The molecule has 1 rings (SSSR count). The van der Waals surface area contributed by atoms with E-state index in [9.17, 15) is 4.79 Å². The first-order chi connectivity index (χ1) is 5.66. The van der Waals surface area contributed by atoms with Crippen LogP contribution in [0.2, 0.25) is 0 Å². The zero-order valence-electron chi connectivity index (χ0n) is 8.43. The zero-order valence-corrected chi connectivity index (χ0v) is 8.43. The van der Waals surface area contributed by atoms with Gasteiger partial charge in [0.15, 0.2) is 0 Å². The van der Waals surface area contributed by atoms with Crippen molar-refractivity contribution in [2.45, 2.75) is 46.0 Å². The quantitative estimate of drug-likeness (QED) is 0.525. The Morgan fingerprint density at radius 3 is 1.83 bits per heavy atom. The van der Waals surface area contributed by atoms with Gasteiger partial charge in [0.05, 0.1) is 7.11 Å². The fourth-order valence-corrected chi connectivity index (χ4v) is 1.31. The van der Waals surface area contributed by atoms with Crippen molar-refractivity contribution in [3.8, 4) is 0 Å². The van der Waals surface area contributed by atoms with E-state index >= 15 is 0 Å². The molecule has 2 heteroatoms. The molecule has 1 saturated carbocycles. The highest BCUT2D eigenvalue weighted by molar-refractivity contribution is 5.65. The minimum Gasteiger partial charge on any atom is -0.469 e. The summed E-state index contributed by atoms with van der Waals surface area (Å²) < 4.78 is 4.11. The minimum absolute atomic E-state index is 0.245. The average Bonchev–Trinajstić information content (AvgIpc) is 2.07. The SMILES string of the molecule is CC1CCCCC1.COC(C)=O. The second kappa shape index (κ2) is 7.14. The normalized spacial score (nSPS) is 17.6. The Hall–Kier alpha value is -0.530. The van der Waals surface area contributed by atoms with E-state index in [1.54, 1.807) is 0 Å². The van der Waals surface area contributed by atoms with Crippen LogP contribution in [0.5, 0.6) is 0 Å². The maximum absolute atomic E-state index is 9.59. The predicted molar refractivity (Wildman–Crippen MR) is 49.9 cm³/mol. The van der Waals surface area contributed by atoms with Crippen LogP contribution in [0, 0.1) is 5.92 Å². The van der Waals surface area contributed by atoms with Crippen molar-refractivity contribution < 1.29 is 9.53 Å². The second-order valence-electron chi connectivity index (χ2n) is 3.44. The number of carbonyl (C=O) groups is 1.